The number of hydrogen-bond acceptors (Lipinski definition) is 2. The van der Waals surface area contributed by atoms with Gasteiger partial charge in [-0.05, 0) is 12.3 Å². The number of fused-ring (bicyclic) bond motifs is 1. The van der Waals surface area contributed by atoms with E-state index in [1.54, 1.807) is 18.3 Å². The largest absolute Gasteiger partial charge is 0.297 e. The Morgan fingerprint density at radius 1 is 1.57 bits per heavy atom. The van der Waals surface area contributed by atoms with Gasteiger partial charge in [0.1, 0.15) is 0 Å². The summed E-state index contributed by atoms with van der Waals surface area (Å²) in [5, 5.41) is 2.81. The maximum Gasteiger partial charge on any atom is 0.272 e. The van der Waals surface area contributed by atoms with E-state index in [0.717, 1.165) is 12.1 Å². The molecule has 0 spiro atoms. The summed E-state index contributed by atoms with van der Waals surface area (Å²) in [6.07, 6.45) is 2.56. The quantitative estimate of drug-likeness (QED) is 0.776. The van der Waals surface area contributed by atoms with Crippen molar-refractivity contribution in [3.05, 3.63) is 34.4 Å². The van der Waals surface area contributed by atoms with E-state index >= 15 is 0 Å². The average molecular weight is 191 g/mol. The van der Waals surface area contributed by atoms with Crippen LogP contribution in [0.2, 0.25) is 0 Å². The molecule has 1 N–H and O–H groups in total. The Labute approximate surface area is 81.6 Å². The number of hydrogen-bond donors (Lipinski definition) is 1. The van der Waals surface area contributed by atoms with E-state index in [1.807, 2.05) is 0 Å². The highest BCUT2D eigenvalue weighted by atomic mass is 16.1. The van der Waals surface area contributed by atoms with Crippen LogP contribution in [0.1, 0.15) is 19.5 Å². The van der Waals surface area contributed by atoms with Crippen molar-refractivity contribution in [2.24, 2.45) is 5.92 Å². The van der Waals surface area contributed by atoms with Gasteiger partial charge in [0.15, 0.2) is 5.65 Å². The molecule has 0 radical (unpaired) electrons. The molecule has 0 aliphatic heterocycles. The van der Waals surface area contributed by atoms with Gasteiger partial charge in [-0.25, -0.2) is 9.50 Å². The van der Waals surface area contributed by atoms with Gasteiger partial charge in [0, 0.05) is 24.0 Å². The summed E-state index contributed by atoms with van der Waals surface area (Å²) in [5.74, 6) is 0.517. The van der Waals surface area contributed by atoms with Crippen LogP contribution in [0.25, 0.3) is 5.65 Å². The molecule has 0 unspecified atom stereocenters. The van der Waals surface area contributed by atoms with Gasteiger partial charge < -0.3 is 0 Å². The number of nitrogens with one attached hydrogen (secondary N) is 1. The normalized spacial score (nSPS) is 11.4. The fourth-order valence-electron chi connectivity index (χ4n) is 1.50. The van der Waals surface area contributed by atoms with Crippen LogP contribution in [0.5, 0.6) is 0 Å². The van der Waals surface area contributed by atoms with Crippen molar-refractivity contribution < 1.29 is 0 Å². The summed E-state index contributed by atoms with van der Waals surface area (Å²) >= 11 is 0. The first kappa shape index (κ1) is 8.99. The smallest absolute Gasteiger partial charge is 0.272 e. The van der Waals surface area contributed by atoms with Crippen molar-refractivity contribution in [2.75, 3.05) is 0 Å². The summed E-state index contributed by atoms with van der Waals surface area (Å²) in [6.45, 7) is 4.22. The van der Waals surface area contributed by atoms with E-state index in [9.17, 15) is 4.79 Å². The lowest BCUT2D eigenvalue weighted by atomic mass is 10.1. The fourth-order valence-corrected chi connectivity index (χ4v) is 1.50. The van der Waals surface area contributed by atoms with Crippen LogP contribution < -0.4 is 5.56 Å². The topological polar surface area (TPSA) is 50.2 Å². The van der Waals surface area contributed by atoms with Crippen LogP contribution in [0, 0.1) is 5.92 Å². The molecular formula is C10H13N3O. The van der Waals surface area contributed by atoms with E-state index < -0.39 is 0 Å². The number of aromatic amines is 1. The summed E-state index contributed by atoms with van der Waals surface area (Å²) in [7, 11) is 0. The molecule has 0 saturated carbocycles. The zero-order chi connectivity index (χ0) is 10.1. The molecule has 0 bridgehead atoms. The predicted molar refractivity (Wildman–Crippen MR) is 54.4 cm³/mol. The Kier molecular flexibility index (Phi) is 2.11. The molecule has 2 heterocycles. The molecule has 0 aliphatic rings. The Morgan fingerprint density at radius 3 is 3.07 bits per heavy atom. The minimum absolute atomic E-state index is 0.0457. The van der Waals surface area contributed by atoms with Crippen molar-refractivity contribution in [1.29, 1.82) is 0 Å². The van der Waals surface area contributed by atoms with Crippen LogP contribution in [-0.2, 0) is 6.42 Å². The first-order valence-corrected chi connectivity index (χ1v) is 4.73. The lowest BCUT2D eigenvalue weighted by molar-refractivity contribution is 0.633. The van der Waals surface area contributed by atoms with Crippen LogP contribution in [0.4, 0.5) is 0 Å². The highest BCUT2D eigenvalue weighted by Crippen LogP contribution is 2.04. The molecule has 74 valence electrons. The molecule has 4 heteroatoms. The van der Waals surface area contributed by atoms with Crippen molar-refractivity contribution in [3.63, 3.8) is 0 Å². The number of aromatic nitrogens is 3. The molecule has 2 rings (SSSR count). The van der Waals surface area contributed by atoms with Crippen molar-refractivity contribution >= 4 is 5.65 Å². The molecule has 4 nitrogen and oxygen atoms in total. The summed E-state index contributed by atoms with van der Waals surface area (Å²) in [6, 6.07) is 3.38. The third-order valence-electron chi connectivity index (χ3n) is 2.05. The summed E-state index contributed by atoms with van der Waals surface area (Å²) in [4.78, 5) is 15.9. The Morgan fingerprint density at radius 2 is 2.36 bits per heavy atom. The second-order valence-electron chi connectivity index (χ2n) is 3.84. The third-order valence-corrected chi connectivity index (χ3v) is 2.05. The Bertz CT molecular complexity index is 495. The van der Waals surface area contributed by atoms with Gasteiger partial charge in [0.25, 0.3) is 5.56 Å². The zero-order valence-corrected chi connectivity index (χ0v) is 8.32. The van der Waals surface area contributed by atoms with E-state index in [0.29, 0.717) is 11.6 Å². The summed E-state index contributed by atoms with van der Waals surface area (Å²) < 4.78 is 1.43. The molecule has 0 fully saturated rings. The minimum atomic E-state index is -0.0457. The van der Waals surface area contributed by atoms with Gasteiger partial charge in [0.05, 0.1) is 0 Å². The first-order chi connectivity index (χ1) is 6.66. The lowest BCUT2D eigenvalue weighted by Gasteiger charge is -2.03. The highest BCUT2D eigenvalue weighted by Gasteiger charge is 2.04. The minimum Gasteiger partial charge on any atom is -0.297 e. The summed E-state index contributed by atoms with van der Waals surface area (Å²) in [5.41, 5.74) is 1.51. The Hall–Kier alpha value is -1.58. The van der Waals surface area contributed by atoms with E-state index in [4.69, 9.17) is 0 Å². The molecule has 0 aliphatic carbocycles. The van der Waals surface area contributed by atoms with Crippen LogP contribution >= 0.6 is 0 Å². The van der Waals surface area contributed by atoms with Gasteiger partial charge in [-0.15, -0.1) is 0 Å². The van der Waals surface area contributed by atoms with Gasteiger partial charge in [-0.2, -0.15) is 0 Å². The molecular weight excluding hydrogens is 178 g/mol. The van der Waals surface area contributed by atoms with Crippen LogP contribution in [0.3, 0.4) is 0 Å². The first-order valence-electron chi connectivity index (χ1n) is 4.73. The third kappa shape index (κ3) is 1.55. The van der Waals surface area contributed by atoms with Crippen LogP contribution in [-0.4, -0.2) is 14.6 Å². The van der Waals surface area contributed by atoms with Gasteiger partial charge in [-0.3, -0.25) is 9.89 Å². The van der Waals surface area contributed by atoms with E-state index in [1.165, 1.54) is 4.52 Å². The SMILES string of the molecule is CC(C)Cc1cc(=O)n2[nH]ccc2n1. The standard InChI is InChI=1S/C10H13N3O/c1-7(2)5-8-6-10(14)13-9(12-8)3-4-11-13/h3-4,6-7,11H,5H2,1-2H3. The maximum absolute atomic E-state index is 11.5. The molecule has 14 heavy (non-hydrogen) atoms. The second-order valence-corrected chi connectivity index (χ2v) is 3.84. The molecule has 2 aromatic heterocycles. The molecule has 0 aromatic carbocycles. The van der Waals surface area contributed by atoms with Crippen molar-refractivity contribution in [2.45, 2.75) is 20.3 Å². The number of rotatable bonds is 2. The highest BCUT2D eigenvalue weighted by molar-refractivity contribution is 5.36. The number of nitrogens with zero attached hydrogens (tertiary/aromatic N) is 2. The average Bonchev–Trinajstić information content (AvgIpc) is 2.50. The Balaban J connectivity index is 2.53. The molecule has 0 atom stereocenters. The fraction of sp³-hybridized carbons (Fsp3) is 0.400. The molecule has 2 aromatic rings. The molecule has 0 amide bonds. The number of H-pyrrole nitrogens is 1. The van der Waals surface area contributed by atoms with E-state index in [-0.39, 0.29) is 5.56 Å². The van der Waals surface area contributed by atoms with Gasteiger partial charge in [-0.1, -0.05) is 13.8 Å². The maximum atomic E-state index is 11.5. The zero-order valence-electron chi connectivity index (χ0n) is 8.32. The van der Waals surface area contributed by atoms with Gasteiger partial charge in [0.2, 0.25) is 0 Å². The van der Waals surface area contributed by atoms with E-state index in [2.05, 4.69) is 23.9 Å². The van der Waals surface area contributed by atoms with Crippen molar-refractivity contribution in [1.82, 2.24) is 14.6 Å². The van der Waals surface area contributed by atoms with Crippen molar-refractivity contribution in [3.8, 4) is 0 Å². The predicted octanol–water partition coefficient (Wildman–Crippen LogP) is 1.22. The van der Waals surface area contributed by atoms with Gasteiger partial charge >= 0.3 is 0 Å². The van der Waals surface area contributed by atoms with Crippen LogP contribution in [0.15, 0.2) is 23.1 Å². The monoisotopic (exact) mass is 191 g/mol. The lowest BCUT2D eigenvalue weighted by Crippen LogP contribution is -2.16. The second kappa shape index (κ2) is 3.29. The molecule has 0 saturated heterocycles.